The second kappa shape index (κ2) is 5.62. The highest BCUT2D eigenvalue weighted by atomic mass is 16.5. The van der Waals surface area contributed by atoms with Crippen molar-refractivity contribution in [1.82, 2.24) is 4.90 Å². The molecule has 3 unspecified atom stereocenters. The maximum absolute atomic E-state index is 9.97. The second-order valence-electron chi connectivity index (χ2n) is 5.95. The van der Waals surface area contributed by atoms with E-state index in [1.807, 2.05) is 12.1 Å². The topological polar surface area (TPSA) is 41.9 Å². The molecule has 1 heterocycles. The molecule has 0 spiro atoms. The van der Waals surface area contributed by atoms with Crippen molar-refractivity contribution < 1.29 is 14.6 Å². The van der Waals surface area contributed by atoms with Crippen molar-refractivity contribution >= 4 is 0 Å². The van der Waals surface area contributed by atoms with E-state index in [9.17, 15) is 5.11 Å². The van der Waals surface area contributed by atoms with Crippen LogP contribution in [0.2, 0.25) is 0 Å². The standard InChI is InChI=1S/C16H23NO3/c1-19-15-6-3-11(7-16(15)20-2)8-17-9-12-4-5-14(18)13(12)10-17/h3,6-7,12-14,18H,4-5,8-10H2,1-2H3. The molecule has 1 saturated carbocycles. The Morgan fingerprint density at radius 2 is 1.95 bits per heavy atom. The van der Waals surface area contributed by atoms with Crippen LogP contribution in [-0.4, -0.2) is 43.4 Å². The first-order valence-corrected chi connectivity index (χ1v) is 7.32. The Morgan fingerprint density at radius 1 is 1.15 bits per heavy atom. The predicted molar refractivity (Wildman–Crippen MR) is 77.0 cm³/mol. The van der Waals surface area contributed by atoms with Gasteiger partial charge < -0.3 is 14.6 Å². The molecule has 0 amide bonds. The Bertz CT molecular complexity index is 477. The van der Waals surface area contributed by atoms with Crippen LogP contribution in [0.1, 0.15) is 18.4 Å². The molecule has 4 nitrogen and oxygen atoms in total. The number of fused-ring (bicyclic) bond motifs is 1. The number of nitrogens with zero attached hydrogens (tertiary/aromatic N) is 1. The highest BCUT2D eigenvalue weighted by Crippen LogP contribution is 2.38. The van der Waals surface area contributed by atoms with E-state index in [4.69, 9.17) is 9.47 Å². The van der Waals surface area contributed by atoms with Crippen molar-refractivity contribution in [2.75, 3.05) is 27.3 Å². The minimum Gasteiger partial charge on any atom is -0.493 e. The fourth-order valence-corrected chi connectivity index (χ4v) is 3.70. The van der Waals surface area contributed by atoms with Gasteiger partial charge in [-0.25, -0.2) is 0 Å². The first-order chi connectivity index (χ1) is 9.71. The van der Waals surface area contributed by atoms with Crippen molar-refractivity contribution in [2.45, 2.75) is 25.5 Å². The first kappa shape index (κ1) is 13.7. The average molecular weight is 277 g/mol. The van der Waals surface area contributed by atoms with Crippen molar-refractivity contribution in [2.24, 2.45) is 11.8 Å². The molecular formula is C16H23NO3. The van der Waals surface area contributed by atoms with Gasteiger partial charge in [-0.15, -0.1) is 0 Å². The average Bonchev–Trinajstić information content (AvgIpc) is 3.01. The lowest BCUT2D eigenvalue weighted by atomic mass is 10.00. The van der Waals surface area contributed by atoms with Crippen LogP contribution in [0, 0.1) is 11.8 Å². The van der Waals surface area contributed by atoms with Gasteiger partial charge in [0.2, 0.25) is 0 Å². The normalized spacial score (nSPS) is 29.4. The summed E-state index contributed by atoms with van der Waals surface area (Å²) in [7, 11) is 3.32. The van der Waals surface area contributed by atoms with Gasteiger partial charge in [-0.05, 0) is 36.5 Å². The molecular weight excluding hydrogens is 254 g/mol. The lowest BCUT2D eigenvalue weighted by Gasteiger charge is -2.19. The molecule has 0 aromatic heterocycles. The summed E-state index contributed by atoms with van der Waals surface area (Å²) < 4.78 is 10.6. The Labute approximate surface area is 120 Å². The number of methoxy groups -OCH3 is 2. The van der Waals surface area contributed by atoms with E-state index >= 15 is 0 Å². The molecule has 20 heavy (non-hydrogen) atoms. The van der Waals surface area contributed by atoms with Crippen molar-refractivity contribution in [3.8, 4) is 11.5 Å². The number of ether oxygens (including phenoxy) is 2. The van der Waals surface area contributed by atoms with Gasteiger partial charge >= 0.3 is 0 Å². The number of hydrogen-bond acceptors (Lipinski definition) is 4. The fourth-order valence-electron chi connectivity index (χ4n) is 3.70. The van der Waals surface area contributed by atoms with E-state index in [0.29, 0.717) is 11.8 Å². The van der Waals surface area contributed by atoms with Crippen LogP contribution < -0.4 is 9.47 Å². The summed E-state index contributed by atoms with van der Waals surface area (Å²) in [6, 6.07) is 6.09. The van der Waals surface area contributed by atoms with Gasteiger partial charge in [-0.3, -0.25) is 4.90 Å². The summed E-state index contributed by atoms with van der Waals surface area (Å²) in [5.41, 5.74) is 1.23. The number of benzene rings is 1. The summed E-state index contributed by atoms with van der Waals surface area (Å²) in [4.78, 5) is 2.44. The van der Waals surface area contributed by atoms with Crippen molar-refractivity contribution in [1.29, 1.82) is 0 Å². The third-order valence-corrected chi connectivity index (χ3v) is 4.75. The molecule has 1 aliphatic carbocycles. The summed E-state index contributed by atoms with van der Waals surface area (Å²) in [5.74, 6) is 2.72. The number of aliphatic hydroxyl groups is 1. The lowest BCUT2D eigenvalue weighted by Crippen LogP contribution is -2.24. The molecule has 1 aliphatic heterocycles. The van der Waals surface area contributed by atoms with Gasteiger partial charge in [0.15, 0.2) is 11.5 Å². The van der Waals surface area contributed by atoms with Crippen LogP contribution in [0.25, 0.3) is 0 Å². The Balaban J connectivity index is 1.67. The van der Waals surface area contributed by atoms with Crippen LogP contribution in [-0.2, 0) is 6.54 Å². The zero-order chi connectivity index (χ0) is 14.1. The predicted octanol–water partition coefficient (Wildman–Crippen LogP) is 1.91. The summed E-state index contributed by atoms with van der Waals surface area (Å²) in [6.07, 6.45) is 2.07. The van der Waals surface area contributed by atoms with E-state index in [0.717, 1.165) is 37.6 Å². The molecule has 0 radical (unpaired) electrons. The van der Waals surface area contributed by atoms with E-state index in [2.05, 4.69) is 11.0 Å². The number of rotatable bonds is 4. The van der Waals surface area contributed by atoms with E-state index in [-0.39, 0.29) is 6.10 Å². The monoisotopic (exact) mass is 277 g/mol. The molecule has 3 rings (SSSR count). The van der Waals surface area contributed by atoms with E-state index in [1.54, 1.807) is 14.2 Å². The Morgan fingerprint density at radius 3 is 2.65 bits per heavy atom. The van der Waals surface area contributed by atoms with Crippen molar-refractivity contribution in [3.05, 3.63) is 23.8 Å². The molecule has 110 valence electrons. The minimum atomic E-state index is -0.0876. The molecule has 3 atom stereocenters. The van der Waals surface area contributed by atoms with Gasteiger partial charge in [0.05, 0.1) is 20.3 Å². The molecule has 4 heteroatoms. The van der Waals surface area contributed by atoms with Gasteiger partial charge in [0, 0.05) is 25.6 Å². The van der Waals surface area contributed by atoms with Gasteiger partial charge in [0.1, 0.15) is 0 Å². The van der Waals surface area contributed by atoms with Crippen LogP contribution in [0.5, 0.6) is 11.5 Å². The SMILES string of the molecule is COc1ccc(CN2CC3CCC(O)C3C2)cc1OC. The van der Waals surface area contributed by atoms with Gasteiger partial charge in [-0.2, -0.15) is 0 Å². The third kappa shape index (κ3) is 2.50. The zero-order valence-corrected chi connectivity index (χ0v) is 12.2. The van der Waals surface area contributed by atoms with Crippen LogP contribution in [0.15, 0.2) is 18.2 Å². The molecule has 1 aromatic carbocycles. The fraction of sp³-hybridized carbons (Fsp3) is 0.625. The molecule has 0 bridgehead atoms. The molecule has 1 aromatic rings. The first-order valence-electron chi connectivity index (χ1n) is 7.32. The van der Waals surface area contributed by atoms with E-state index < -0.39 is 0 Å². The summed E-state index contributed by atoms with van der Waals surface area (Å²) in [5, 5.41) is 9.97. The number of aliphatic hydroxyl groups excluding tert-OH is 1. The van der Waals surface area contributed by atoms with Gasteiger partial charge in [0.25, 0.3) is 0 Å². The number of hydrogen-bond donors (Lipinski definition) is 1. The molecule has 1 N–H and O–H groups in total. The highest BCUT2D eigenvalue weighted by Gasteiger charge is 2.41. The second-order valence-corrected chi connectivity index (χ2v) is 5.95. The zero-order valence-electron chi connectivity index (χ0n) is 12.2. The molecule has 1 saturated heterocycles. The molecule has 2 aliphatic rings. The summed E-state index contributed by atoms with van der Waals surface area (Å²) in [6.45, 7) is 3.04. The van der Waals surface area contributed by atoms with Gasteiger partial charge in [-0.1, -0.05) is 6.07 Å². The summed E-state index contributed by atoms with van der Waals surface area (Å²) >= 11 is 0. The highest BCUT2D eigenvalue weighted by molar-refractivity contribution is 5.42. The largest absolute Gasteiger partial charge is 0.493 e. The maximum atomic E-state index is 9.97. The van der Waals surface area contributed by atoms with Crippen LogP contribution in [0.4, 0.5) is 0 Å². The number of likely N-dealkylation sites (tertiary alicyclic amines) is 1. The smallest absolute Gasteiger partial charge is 0.161 e. The van der Waals surface area contributed by atoms with Crippen LogP contribution >= 0.6 is 0 Å². The minimum absolute atomic E-state index is 0.0876. The molecule has 2 fully saturated rings. The van der Waals surface area contributed by atoms with E-state index in [1.165, 1.54) is 12.0 Å². The van der Waals surface area contributed by atoms with Crippen molar-refractivity contribution in [3.63, 3.8) is 0 Å². The Hall–Kier alpha value is -1.26. The quantitative estimate of drug-likeness (QED) is 0.913. The lowest BCUT2D eigenvalue weighted by molar-refractivity contribution is 0.123. The maximum Gasteiger partial charge on any atom is 0.161 e. The third-order valence-electron chi connectivity index (χ3n) is 4.75. The Kier molecular flexibility index (Phi) is 3.85. The van der Waals surface area contributed by atoms with Crippen LogP contribution in [0.3, 0.4) is 0 Å².